The molecule has 0 unspecified atom stereocenters. The Kier molecular flexibility index (Phi) is 1.13. The van der Waals surface area contributed by atoms with Crippen molar-refractivity contribution in [3.05, 3.63) is 0 Å². The highest BCUT2D eigenvalue weighted by molar-refractivity contribution is 4.46. The van der Waals surface area contributed by atoms with E-state index in [0.29, 0.717) is 0 Å². The molecule has 0 rings (SSSR count). The van der Waals surface area contributed by atoms with Gasteiger partial charge in [0.1, 0.15) is 0 Å². The van der Waals surface area contributed by atoms with Crippen LogP contribution < -0.4 is 0 Å². The van der Waals surface area contributed by atoms with Crippen LogP contribution in [-0.4, -0.2) is 0 Å². The van der Waals surface area contributed by atoms with Crippen LogP contribution in [-0.2, 0) is 0 Å². The predicted octanol–water partition coefficient (Wildman–Crippen LogP) is 2.30. The highest BCUT2D eigenvalue weighted by atomic mass is 14.0. The first-order valence-electron chi connectivity index (χ1n) is 3.25. The lowest BCUT2D eigenvalue weighted by Crippen LogP contribution is -1.95. The fraction of sp³-hybridized carbons (Fsp3) is 1.00. The summed E-state index contributed by atoms with van der Waals surface area (Å²) in [5, 5.41) is 0. The van der Waals surface area contributed by atoms with E-state index in [1.165, 1.54) is 0 Å². The van der Waals surface area contributed by atoms with Crippen LogP contribution in [0, 0.1) is 11.8 Å². The lowest BCUT2D eigenvalue weighted by molar-refractivity contribution is 0.457. The van der Waals surface area contributed by atoms with Crippen molar-refractivity contribution in [3.63, 3.8) is 0 Å². The van der Waals surface area contributed by atoms with Gasteiger partial charge < -0.3 is 0 Å². The van der Waals surface area contributed by atoms with Crippen molar-refractivity contribution in [3.8, 4) is 0 Å². The lowest BCUT2D eigenvalue weighted by atomic mass is 10.0. The Morgan fingerprint density at radius 3 is 1.17 bits per heavy atom. The maximum Gasteiger partial charge on any atom is 0.0300 e. The highest BCUT2D eigenvalue weighted by Gasteiger charge is 1.95. The fourth-order valence-electron chi connectivity index (χ4n) is 0. The van der Waals surface area contributed by atoms with E-state index in [2.05, 4.69) is 0 Å². The number of rotatable bonds is 1. The van der Waals surface area contributed by atoms with Crippen LogP contribution in [0.4, 0.5) is 0 Å². The van der Waals surface area contributed by atoms with E-state index >= 15 is 0 Å². The Balaban J connectivity index is 4.02. The smallest absolute Gasteiger partial charge is 0.0300 e. The molecule has 0 saturated carbocycles. The van der Waals surface area contributed by atoms with Crippen LogP contribution in [0.15, 0.2) is 0 Å². The van der Waals surface area contributed by atoms with Gasteiger partial charge in [0.15, 0.2) is 0 Å². The van der Waals surface area contributed by atoms with Gasteiger partial charge in [-0.2, -0.15) is 0 Å². The molecule has 0 bridgehead atoms. The second-order valence-corrected chi connectivity index (χ2v) is 2.00. The summed E-state index contributed by atoms with van der Waals surface area (Å²) in [6, 6.07) is 0. The number of hydrogen-bond donors (Lipinski definition) is 0. The molecule has 0 amide bonds. The van der Waals surface area contributed by atoms with Crippen LogP contribution >= 0.6 is 0 Å². The quantitative estimate of drug-likeness (QED) is 0.461. The third-order valence-electron chi connectivity index (χ3n) is 1.00. The van der Waals surface area contributed by atoms with Gasteiger partial charge in [-0.05, 0) is 11.8 Å². The highest BCUT2D eigenvalue weighted by Crippen LogP contribution is 2.05. The summed E-state index contributed by atoms with van der Waals surface area (Å²) < 4.78 is 14.8. The molecule has 0 aliphatic heterocycles. The minimum absolute atomic E-state index is 0.646. The molecule has 0 heterocycles. The van der Waals surface area contributed by atoms with Crippen molar-refractivity contribution < 1.29 is 2.74 Å². The summed E-state index contributed by atoms with van der Waals surface area (Å²) in [5.41, 5.74) is 0. The molecular formula is C6H14. The zero-order valence-electron chi connectivity index (χ0n) is 7.00. The predicted molar refractivity (Wildman–Crippen MR) is 29.7 cm³/mol. The van der Waals surface area contributed by atoms with Crippen LogP contribution in [0.3, 0.4) is 0 Å². The molecule has 38 valence electrons. The van der Waals surface area contributed by atoms with Crippen molar-refractivity contribution in [1.82, 2.24) is 0 Å². The summed E-state index contributed by atoms with van der Waals surface area (Å²) in [6.45, 7) is 7.00. The second-order valence-electron chi connectivity index (χ2n) is 2.00. The molecule has 0 N–H and O–H groups in total. The first kappa shape index (κ1) is 3.06. The molecule has 0 aromatic heterocycles. The molecule has 0 aliphatic rings. The molecular weight excluding hydrogens is 72.1 g/mol. The topological polar surface area (TPSA) is 0 Å². The molecule has 0 fully saturated rings. The van der Waals surface area contributed by atoms with E-state index in [-0.39, 0.29) is 0 Å². The standard InChI is InChI=1S/C6H14/c1-5(2)6(3)4/h5-6H,1-4H3/i5D,6D. The Hall–Kier alpha value is 0. The molecule has 0 atom stereocenters. The molecule has 0 saturated heterocycles. The van der Waals surface area contributed by atoms with Gasteiger partial charge in [-0.25, -0.2) is 0 Å². The average Bonchev–Trinajstić information content (AvgIpc) is 1.25. The first-order valence-corrected chi connectivity index (χ1v) is 2.25. The van der Waals surface area contributed by atoms with Crippen LogP contribution in [0.25, 0.3) is 0 Å². The van der Waals surface area contributed by atoms with Gasteiger partial charge in [0.25, 0.3) is 0 Å². The normalized spacial score (nSPS) is 19.3. The van der Waals surface area contributed by atoms with Gasteiger partial charge in [-0.1, -0.05) is 27.7 Å². The van der Waals surface area contributed by atoms with Gasteiger partial charge in [0, 0.05) is 2.74 Å². The van der Waals surface area contributed by atoms with Crippen molar-refractivity contribution in [2.24, 2.45) is 11.8 Å². The molecule has 0 aromatic carbocycles. The lowest BCUT2D eigenvalue weighted by Gasteiger charge is -2.05. The largest absolute Gasteiger partial charge is 0.0625 e. The molecule has 0 aromatic rings. The van der Waals surface area contributed by atoms with Gasteiger partial charge >= 0.3 is 0 Å². The Morgan fingerprint density at radius 1 is 1.00 bits per heavy atom. The zero-order valence-corrected chi connectivity index (χ0v) is 5.00. The molecule has 0 radical (unpaired) electrons. The van der Waals surface area contributed by atoms with E-state index in [1.54, 1.807) is 27.7 Å². The first-order chi connectivity index (χ1) is 3.25. The van der Waals surface area contributed by atoms with E-state index in [0.717, 1.165) is 0 Å². The Morgan fingerprint density at radius 2 is 1.17 bits per heavy atom. The van der Waals surface area contributed by atoms with Gasteiger partial charge in [0.05, 0.1) is 0 Å². The molecule has 6 heavy (non-hydrogen) atoms. The maximum absolute atomic E-state index is 7.40. The number of hydrogen-bond acceptors (Lipinski definition) is 0. The fourth-order valence-corrected chi connectivity index (χ4v) is 0. The Bertz CT molecular complexity index is 61.5. The Labute approximate surface area is 43.4 Å². The molecule has 0 nitrogen and oxygen atoms in total. The summed E-state index contributed by atoms with van der Waals surface area (Å²) >= 11 is 0. The van der Waals surface area contributed by atoms with Crippen molar-refractivity contribution >= 4 is 0 Å². The van der Waals surface area contributed by atoms with Gasteiger partial charge in [0.2, 0.25) is 0 Å². The van der Waals surface area contributed by atoms with Crippen molar-refractivity contribution in [1.29, 1.82) is 0 Å². The monoisotopic (exact) mass is 88.1 g/mol. The average molecular weight is 88.2 g/mol. The van der Waals surface area contributed by atoms with Gasteiger partial charge in [-0.3, -0.25) is 0 Å². The third kappa shape index (κ3) is 2.25. The zero-order chi connectivity index (χ0) is 7.00. The van der Waals surface area contributed by atoms with E-state index < -0.39 is 11.8 Å². The van der Waals surface area contributed by atoms with Crippen LogP contribution in [0.1, 0.15) is 30.4 Å². The summed E-state index contributed by atoms with van der Waals surface area (Å²) in [4.78, 5) is 0. The maximum atomic E-state index is 7.40. The van der Waals surface area contributed by atoms with Gasteiger partial charge in [-0.15, -0.1) is 0 Å². The SMILES string of the molecule is [2H]C(C)(C)C([2H])(C)C. The summed E-state index contributed by atoms with van der Waals surface area (Å²) in [5.74, 6) is -1.29. The molecule has 0 aliphatic carbocycles. The molecule has 0 spiro atoms. The minimum Gasteiger partial charge on any atom is -0.0625 e. The summed E-state index contributed by atoms with van der Waals surface area (Å²) in [7, 11) is 0. The van der Waals surface area contributed by atoms with E-state index in [9.17, 15) is 0 Å². The molecule has 0 heteroatoms. The summed E-state index contributed by atoms with van der Waals surface area (Å²) in [6.07, 6.45) is 0. The van der Waals surface area contributed by atoms with E-state index in [1.807, 2.05) is 0 Å². The minimum atomic E-state index is -0.646. The third-order valence-corrected chi connectivity index (χ3v) is 1.00. The van der Waals surface area contributed by atoms with Crippen molar-refractivity contribution in [2.75, 3.05) is 0 Å². The van der Waals surface area contributed by atoms with Crippen LogP contribution in [0.5, 0.6) is 0 Å². The second kappa shape index (κ2) is 2.22. The van der Waals surface area contributed by atoms with Crippen LogP contribution in [0.2, 0.25) is 0 Å². The van der Waals surface area contributed by atoms with E-state index in [4.69, 9.17) is 2.74 Å². The van der Waals surface area contributed by atoms with Crippen molar-refractivity contribution in [2.45, 2.75) is 27.7 Å².